The molecule has 0 aliphatic rings. The van der Waals surface area contributed by atoms with Gasteiger partial charge < -0.3 is 0 Å². The van der Waals surface area contributed by atoms with Crippen LogP contribution in [0.25, 0.3) is 33.0 Å². The summed E-state index contributed by atoms with van der Waals surface area (Å²) in [6, 6.07) is 52.8. The van der Waals surface area contributed by atoms with Crippen LogP contribution in [0, 0.1) is 6.92 Å². The predicted molar refractivity (Wildman–Crippen MR) is 153 cm³/mol. The normalized spacial score (nSPS) is 11.2. The maximum Gasteiger partial charge on any atom is 0.0346 e. The summed E-state index contributed by atoms with van der Waals surface area (Å²) < 4.78 is 0. The minimum Gasteiger partial charge on any atom is -0.0622 e. The van der Waals surface area contributed by atoms with Gasteiger partial charge in [0.15, 0.2) is 0 Å². The van der Waals surface area contributed by atoms with Gasteiger partial charge in [0.25, 0.3) is 0 Å². The molecule has 0 saturated carbocycles. The van der Waals surface area contributed by atoms with E-state index in [0.29, 0.717) is 0 Å². The maximum absolute atomic E-state index is 2.42. The SMILES string of the molecule is Cc1ccc(-c2ccc(-c3ccccc3)c(C(c3ccccc3)c3ccccc3)c2)c2ccccc12. The fourth-order valence-electron chi connectivity index (χ4n) is 5.39. The van der Waals surface area contributed by atoms with Crippen LogP contribution in [-0.4, -0.2) is 0 Å². The molecule has 0 spiro atoms. The van der Waals surface area contributed by atoms with Crippen LogP contribution in [0.5, 0.6) is 0 Å². The van der Waals surface area contributed by atoms with E-state index in [0.717, 1.165) is 0 Å². The van der Waals surface area contributed by atoms with E-state index in [2.05, 4.69) is 153 Å². The fraction of sp³-hybridized carbons (Fsp3) is 0.0556. The van der Waals surface area contributed by atoms with Crippen LogP contribution in [-0.2, 0) is 0 Å². The second kappa shape index (κ2) is 9.68. The van der Waals surface area contributed by atoms with Crippen LogP contribution in [0.2, 0.25) is 0 Å². The van der Waals surface area contributed by atoms with Gasteiger partial charge in [-0.25, -0.2) is 0 Å². The van der Waals surface area contributed by atoms with Gasteiger partial charge >= 0.3 is 0 Å². The maximum atomic E-state index is 2.42. The van der Waals surface area contributed by atoms with Crippen molar-refractivity contribution in [3.05, 3.63) is 168 Å². The average Bonchev–Trinajstić information content (AvgIpc) is 2.95. The molecule has 6 aromatic rings. The van der Waals surface area contributed by atoms with Gasteiger partial charge in [-0.15, -0.1) is 0 Å². The molecule has 0 heterocycles. The zero-order valence-electron chi connectivity index (χ0n) is 20.4. The minimum absolute atomic E-state index is 0.124. The molecule has 0 amide bonds. The van der Waals surface area contributed by atoms with Gasteiger partial charge in [0.2, 0.25) is 0 Å². The number of benzene rings is 6. The van der Waals surface area contributed by atoms with Gasteiger partial charge in [0, 0.05) is 5.92 Å². The smallest absolute Gasteiger partial charge is 0.0346 e. The number of rotatable bonds is 5. The van der Waals surface area contributed by atoms with Gasteiger partial charge in [0.05, 0.1) is 0 Å². The van der Waals surface area contributed by atoms with Crippen LogP contribution >= 0.6 is 0 Å². The molecule has 36 heavy (non-hydrogen) atoms. The molecule has 0 bridgehead atoms. The molecule has 0 nitrogen and oxygen atoms in total. The first kappa shape index (κ1) is 22.1. The molecule has 6 aromatic carbocycles. The summed E-state index contributed by atoms with van der Waals surface area (Å²) in [4.78, 5) is 0. The third-order valence-corrected chi connectivity index (χ3v) is 7.17. The summed E-state index contributed by atoms with van der Waals surface area (Å²) in [6.45, 7) is 2.19. The highest BCUT2D eigenvalue weighted by molar-refractivity contribution is 5.99. The highest BCUT2D eigenvalue weighted by Gasteiger charge is 2.21. The Bertz CT molecular complexity index is 1570. The van der Waals surface area contributed by atoms with Gasteiger partial charge in [-0.3, -0.25) is 0 Å². The summed E-state index contributed by atoms with van der Waals surface area (Å²) >= 11 is 0. The second-order valence-corrected chi connectivity index (χ2v) is 9.40. The summed E-state index contributed by atoms with van der Waals surface area (Å²) in [6.07, 6.45) is 0. The lowest BCUT2D eigenvalue weighted by atomic mass is 9.80. The largest absolute Gasteiger partial charge is 0.0622 e. The summed E-state index contributed by atoms with van der Waals surface area (Å²) in [7, 11) is 0. The highest BCUT2D eigenvalue weighted by atomic mass is 14.2. The van der Waals surface area contributed by atoms with E-state index in [9.17, 15) is 0 Å². The van der Waals surface area contributed by atoms with Crippen molar-refractivity contribution in [2.75, 3.05) is 0 Å². The van der Waals surface area contributed by atoms with Gasteiger partial charge in [0.1, 0.15) is 0 Å². The molecule has 0 saturated heterocycles. The van der Waals surface area contributed by atoms with Crippen LogP contribution in [0.15, 0.2) is 146 Å². The molecular weight excluding hydrogens is 432 g/mol. The third kappa shape index (κ3) is 4.12. The Hall–Kier alpha value is -4.42. The van der Waals surface area contributed by atoms with E-state index >= 15 is 0 Å². The summed E-state index contributed by atoms with van der Waals surface area (Å²) in [5, 5.41) is 2.61. The van der Waals surface area contributed by atoms with Crippen LogP contribution < -0.4 is 0 Å². The number of fused-ring (bicyclic) bond motifs is 1. The van der Waals surface area contributed by atoms with Gasteiger partial charge in [-0.1, -0.05) is 140 Å². The Morgan fingerprint density at radius 1 is 0.417 bits per heavy atom. The quantitative estimate of drug-likeness (QED) is 0.225. The Balaban J connectivity index is 1.64. The first-order valence-corrected chi connectivity index (χ1v) is 12.6. The monoisotopic (exact) mass is 460 g/mol. The first-order chi connectivity index (χ1) is 17.8. The van der Waals surface area contributed by atoms with Crippen molar-refractivity contribution in [1.82, 2.24) is 0 Å². The first-order valence-electron chi connectivity index (χ1n) is 12.6. The zero-order chi connectivity index (χ0) is 24.3. The summed E-state index contributed by atoms with van der Waals surface area (Å²) in [5.74, 6) is 0.124. The lowest BCUT2D eigenvalue weighted by Gasteiger charge is -2.23. The lowest BCUT2D eigenvalue weighted by molar-refractivity contribution is 0.980. The van der Waals surface area contributed by atoms with Crippen molar-refractivity contribution in [3.63, 3.8) is 0 Å². The van der Waals surface area contributed by atoms with E-state index in [1.54, 1.807) is 0 Å². The highest BCUT2D eigenvalue weighted by Crippen LogP contribution is 2.41. The number of aryl methyl sites for hydroxylation is 1. The zero-order valence-corrected chi connectivity index (χ0v) is 20.4. The standard InChI is InChI=1S/C36H28/c1-26-21-23-33(34-20-12-11-19-31(26)34)30-22-24-32(27-13-5-2-6-14-27)35(25-30)36(28-15-7-3-8-16-28)29-17-9-4-10-18-29/h2-25,36H,1H3. The van der Waals surface area contributed by atoms with E-state index in [1.807, 2.05) is 0 Å². The van der Waals surface area contributed by atoms with Crippen LogP contribution in [0.4, 0.5) is 0 Å². The molecule has 0 radical (unpaired) electrons. The molecule has 0 unspecified atom stereocenters. The Labute approximate surface area is 213 Å². The van der Waals surface area contributed by atoms with E-state index in [1.165, 1.54) is 55.3 Å². The topological polar surface area (TPSA) is 0 Å². The molecule has 0 aliphatic carbocycles. The van der Waals surface area contributed by atoms with E-state index < -0.39 is 0 Å². The van der Waals surface area contributed by atoms with E-state index in [-0.39, 0.29) is 5.92 Å². The van der Waals surface area contributed by atoms with Crippen molar-refractivity contribution in [2.45, 2.75) is 12.8 Å². The van der Waals surface area contributed by atoms with Crippen molar-refractivity contribution in [1.29, 1.82) is 0 Å². The van der Waals surface area contributed by atoms with Crippen LogP contribution in [0.1, 0.15) is 28.2 Å². The second-order valence-electron chi connectivity index (χ2n) is 9.40. The van der Waals surface area contributed by atoms with Crippen molar-refractivity contribution >= 4 is 10.8 Å². The van der Waals surface area contributed by atoms with Crippen molar-refractivity contribution in [3.8, 4) is 22.3 Å². The molecule has 0 N–H and O–H groups in total. The average molecular weight is 461 g/mol. The number of hydrogen-bond acceptors (Lipinski definition) is 0. The Morgan fingerprint density at radius 2 is 0.944 bits per heavy atom. The number of hydrogen-bond donors (Lipinski definition) is 0. The summed E-state index contributed by atoms with van der Waals surface area (Å²) in [5.41, 5.74) is 10.3. The lowest BCUT2D eigenvalue weighted by Crippen LogP contribution is -2.05. The molecule has 0 heteroatoms. The third-order valence-electron chi connectivity index (χ3n) is 7.17. The van der Waals surface area contributed by atoms with E-state index in [4.69, 9.17) is 0 Å². The minimum atomic E-state index is 0.124. The molecular formula is C36H28. The predicted octanol–water partition coefficient (Wildman–Crippen LogP) is 9.66. The van der Waals surface area contributed by atoms with Crippen molar-refractivity contribution < 1.29 is 0 Å². The molecule has 6 rings (SSSR count). The molecule has 0 aliphatic heterocycles. The molecule has 0 atom stereocenters. The van der Waals surface area contributed by atoms with Gasteiger partial charge in [-0.05, 0) is 68.3 Å². The fourth-order valence-corrected chi connectivity index (χ4v) is 5.39. The molecule has 0 aromatic heterocycles. The van der Waals surface area contributed by atoms with Crippen molar-refractivity contribution in [2.24, 2.45) is 0 Å². The van der Waals surface area contributed by atoms with Crippen LogP contribution in [0.3, 0.4) is 0 Å². The van der Waals surface area contributed by atoms with Gasteiger partial charge in [-0.2, -0.15) is 0 Å². The Kier molecular flexibility index (Phi) is 5.93. The molecule has 0 fully saturated rings. The Morgan fingerprint density at radius 3 is 1.58 bits per heavy atom. The molecule has 172 valence electrons.